The Morgan fingerprint density at radius 2 is 1.97 bits per heavy atom. The van der Waals surface area contributed by atoms with Crippen LogP contribution in [0.5, 0.6) is 0 Å². The first-order valence-electron chi connectivity index (χ1n) is 10.3. The number of methoxy groups -OCH3 is 1. The summed E-state index contributed by atoms with van der Waals surface area (Å²) in [5.74, 6) is 0.519. The minimum absolute atomic E-state index is 0.00338. The average Bonchev–Trinajstić information content (AvgIpc) is 3.41. The molecule has 1 atom stereocenters. The number of benzene rings is 1. The first-order chi connectivity index (χ1) is 14.7. The summed E-state index contributed by atoms with van der Waals surface area (Å²) >= 11 is 0. The lowest BCUT2D eigenvalue weighted by molar-refractivity contribution is 0.0729. The lowest BCUT2D eigenvalue weighted by Gasteiger charge is -2.24. The zero-order chi connectivity index (χ0) is 20.9. The highest BCUT2D eigenvalue weighted by Gasteiger charge is 2.34. The first kappa shape index (κ1) is 20.1. The number of pyridine rings is 1. The molecule has 1 N–H and O–H groups in total. The molecule has 0 aliphatic carbocycles. The van der Waals surface area contributed by atoms with Gasteiger partial charge in [0.05, 0.1) is 11.6 Å². The number of ether oxygens (including phenoxy) is 1. The van der Waals surface area contributed by atoms with E-state index in [0.29, 0.717) is 31.0 Å². The average molecular weight is 406 g/mol. The quantitative estimate of drug-likeness (QED) is 0.612. The Morgan fingerprint density at radius 1 is 1.17 bits per heavy atom. The van der Waals surface area contributed by atoms with Crippen LogP contribution in [0.25, 0.3) is 5.52 Å². The monoisotopic (exact) mass is 406 g/mol. The molecule has 0 bridgehead atoms. The van der Waals surface area contributed by atoms with Gasteiger partial charge in [-0.15, -0.1) is 0 Å². The molecule has 30 heavy (non-hydrogen) atoms. The molecule has 156 valence electrons. The van der Waals surface area contributed by atoms with E-state index in [1.807, 2.05) is 64.0 Å². The second kappa shape index (κ2) is 9.09. The molecule has 3 aromatic rings. The van der Waals surface area contributed by atoms with Gasteiger partial charge in [-0.25, -0.2) is 4.98 Å². The number of amides is 2. The maximum Gasteiger partial charge on any atom is 0.272 e. The molecule has 1 fully saturated rings. The van der Waals surface area contributed by atoms with Gasteiger partial charge in [0.2, 0.25) is 0 Å². The number of carbonyl (C=O) groups excluding carboxylic acids is 2. The van der Waals surface area contributed by atoms with Gasteiger partial charge in [0.1, 0.15) is 5.82 Å². The summed E-state index contributed by atoms with van der Waals surface area (Å²) in [4.78, 5) is 32.5. The molecule has 4 rings (SSSR count). The molecular weight excluding hydrogens is 380 g/mol. The van der Waals surface area contributed by atoms with Gasteiger partial charge < -0.3 is 19.4 Å². The van der Waals surface area contributed by atoms with Crippen molar-refractivity contribution in [3.05, 3.63) is 71.8 Å². The number of hydrogen-bond donors (Lipinski definition) is 1. The third-order valence-electron chi connectivity index (χ3n) is 5.43. The normalized spacial score (nSPS) is 16.2. The summed E-state index contributed by atoms with van der Waals surface area (Å²) in [7, 11) is 1.64. The minimum Gasteiger partial charge on any atom is -0.385 e. The lowest BCUT2D eigenvalue weighted by atomic mass is 10.1. The summed E-state index contributed by atoms with van der Waals surface area (Å²) in [6.45, 7) is 1.79. The number of rotatable bonds is 7. The molecule has 1 aromatic carbocycles. The smallest absolute Gasteiger partial charge is 0.272 e. The fraction of sp³-hybridized carbons (Fsp3) is 0.348. The van der Waals surface area contributed by atoms with Crippen molar-refractivity contribution in [2.45, 2.75) is 25.3 Å². The standard InChI is InChI=1S/C23H26N4O3/c1-30-16-8-13-24-22(28)20-18-11-5-6-14-26(18)21(25-20)19-12-7-15-27(19)23(29)17-9-3-2-4-10-17/h2-6,9-11,14,19H,7-8,12-13,15-16H2,1H3,(H,24,28)/t19-/m0/s1. The molecule has 3 heterocycles. The second-order valence-corrected chi connectivity index (χ2v) is 7.40. The van der Waals surface area contributed by atoms with Crippen LogP contribution in [0.4, 0.5) is 0 Å². The SMILES string of the molecule is COCCCNC(=O)c1nc([C@@H]2CCCN2C(=O)c2ccccc2)n2ccccc12. The summed E-state index contributed by atoms with van der Waals surface area (Å²) < 4.78 is 6.97. The number of aromatic nitrogens is 2. The van der Waals surface area contributed by atoms with Crippen LogP contribution >= 0.6 is 0 Å². The summed E-state index contributed by atoms with van der Waals surface area (Å²) in [5, 5.41) is 2.91. The third kappa shape index (κ3) is 3.93. The predicted molar refractivity (Wildman–Crippen MR) is 113 cm³/mol. The van der Waals surface area contributed by atoms with E-state index >= 15 is 0 Å². The van der Waals surface area contributed by atoms with Gasteiger partial charge in [-0.2, -0.15) is 0 Å². The fourth-order valence-corrected chi connectivity index (χ4v) is 3.99. The van der Waals surface area contributed by atoms with E-state index in [4.69, 9.17) is 9.72 Å². The van der Waals surface area contributed by atoms with E-state index in [1.165, 1.54) is 0 Å². The Hall–Kier alpha value is -3.19. The van der Waals surface area contributed by atoms with E-state index in [2.05, 4.69) is 5.32 Å². The maximum atomic E-state index is 13.1. The van der Waals surface area contributed by atoms with E-state index in [-0.39, 0.29) is 17.9 Å². The van der Waals surface area contributed by atoms with Gasteiger partial charge in [-0.05, 0) is 43.5 Å². The van der Waals surface area contributed by atoms with Crippen LogP contribution in [0.3, 0.4) is 0 Å². The summed E-state index contributed by atoms with van der Waals surface area (Å²) in [6.07, 6.45) is 4.37. The summed E-state index contributed by atoms with van der Waals surface area (Å²) in [5.41, 5.74) is 1.80. The molecule has 2 aromatic heterocycles. The maximum absolute atomic E-state index is 13.1. The largest absolute Gasteiger partial charge is 0.385 e. The van der Waals surface area contributed by atoms with Crippen molar-refractivity contribution in [2.75, 3.05) is 26.8 Å². The third-order valence-corrected chi connectivity index (χ3v) is 5.43. The number of imidazole rings is 1. The van der Waals surface area contributed by atoms with Crippen molar-refractivity contribution in [1.29, 1.82) is 0 Å². The van der Waals surface area contributed by atoms with Crippen molar-refractivity contribution < 1.29 is 14.3 Å². The number of fused-ring (bicyclic) bond motifs is 1. The van der Waals surface area contributed by atoms with Crippen LogP contribution in [-0.4, -0.2) is 52.9 Å². The van der Waals surface area contributed by atoms with E-state index in [9.17, 15) is 9.59 Å². The first-order valence-corrected chi connectivity index (χ1v) is 10.3. The van der Waals surface area contributed by atoms with Crippen LogP contribution in [0.15, 0.2) is 54.7 Å². The number of nitrogens with zero attached hydrogens (tertiary/aromatic N) is 3. The van der Waals surface area contributed by atoms with Crippen molar-refractivity contribution in [2.24, 2.45) is 0 Å². The Balaban J connectivity index is 1.64. The van der Waals surface area contributed by atoms with Crippen LogP contribution in [0, 0.1) is 0 Å². The van der Waals surface area contributed by atoms with E-state index < -0.39 is 0 Å². The molecule has 1 saturated heterocycles. The zero-order valence-electron chi connectivity index (χ0n) is 17.1. The molecule has 0 spiro atoms. The van der Waals surface area contributed by atoms with Crippen LogP contribution in [0.1, 0.15) is 52.0 Å². The van der Waals surface area contributed by atoms with Crippen molar-refractivity contribution in [3.63, 3.8) is 0 Å². The number of nitrogens with one attached hydrogen (secondary N) is 1. The van der Waals surface area contributed by atoms with Crippen LogP contribution < -0.4 is 5.32 Å². The number of likely N-dealkylation sites (tertiary alicyclic amines) is 1. The Labute approximate surface area is 175 Å². The van der Waals surface area contributed by atoms with Gasteiger partial charge in [0, 0.05) is 38.6 Å². The van der Waals surface area contributed by atoms with Crippen LogP contribution in [0.2, 0.25) is 0 Å². The molecule has 7 nitrogen and oxygen atoms in total. The second-order valence-electron chi connectivity index (χ2n) is 7.40. The highest BCUT2D eigenvalue weighted by atomic mass is 16.5. The Bertz CT molecular complexity index is 1030. The predicted octanol–water partition coefficient (Wildman–Crippen LogP) is 3.08. The fourth-order valence-electron chi connectivity index (χ4n) is 3.99. The minimum atomic E-state index is -0.208. The van der Waals surface area contributed by atoms with Crippen molar-refractivity contribution in [1.82, 2.24) is 19.6 Å². The molecule has 0 radical (unpaired) electrons. The Kier molecular flexibility index (Phi) is 6.09. The van der Waals surface area contributed by atoms with Gasteiger partial charge >= 0.3 is 0 Å². The molecule has 1 aliphatic heterocycles. The van der Waals surface area contributed by atoms with E-state index in [0.717, 1.165) is 30.6 Å². The lowest BCUT2D eigenvalue weighted by Crippen LogP contribution is -2.31. The highest BCUT2D eigenvalue weighted by molar-refractivity contribution is 5.99. The van der Waals surface area contributed by atoms with Crippen molar-refractivity contribution in [3.8, 4) is 0 Å². The van der Waals surface area contributed by atoms with Crippen molar-refractivity contribution >= 4 is 17.3 Å². The molecule has 0 unspecified atom stereocenters. The van der Waals surface area contributed by atoms with E-state index in [1.54, 1.807) is 7.11 Å². The Morgan fingerprint density at radius 3 is 2.77 bits per heavy atom. The highest BCUT2D eigenvalue weighted by Crippen LogP contribution is 2.33. The zero-order valence-corrected chi connectivity index (χ0v) is 17.1. The topological polar surface area (TPSA) is 75.9 Å². The number of hydrogen-bond acceptors (Lipinski definition) is 4. The van der Waals surface area contributed by atoms with Gasteiger partial charge in [0.15, 0.2) is 5.69 Å². The van der Waals surface area contributed by atoms with Gasteiger partial charge in [-0.3, -0.25) is 9.59 Å². The molecular formula is C23H26N4O3. The molecule has 7 heteroatoms. The van der Waals surface area contributed by atoms with Crippen LogP contribution in [-0.2, 0) is 4.74 Å². The van der Waals surface area contributed by atoms with Gasteiger partial charge in [0.25, 0.3) is 11.8 Å². The molecule has 1 aliphatic rings. The number of carbonyl (C=O) groups is 2. The molecule has 2 amide bonds. The molecule has 0 saturated carbocycles. The van der Waals surface area contributed by atoms with Gasteiger partial charge in [-0.1, -0.05) is 24.3 Å². The summed E-state index contributed by atoms with van der Waals surface area (Å²) in [6, 6.07) is 14.8.